The molecule has 1 fully saturated rings. The normalized spacial score (nSPS) is 24.7. The molecule has 2 unspecified atom stereocenters. The second-order valence-corrected chi connectivity index (χ2v) is 8.14. The molecule has 1 amide bonds. The molecule has 0 aromatic rings. The van der Waals surface area contributed by atoms with E-state index in [0.29, 0.717) is 23.5 Å². The molecule has 0 aromatic carbocycles. The Morgan fingerprint density at radius 3 is 2.63 bits per heavy atom. The highest BCUT2D eigenvalue weighted by Gasteiger charge is 2.28. The second kappa shape index (κ2) is 9.65. The van der Waals surface area contributed by atoms with Gasteiger partial charge >= 0.3 is 0 Å². The van der Waals surface area contributed by atoms with E-state index in [1.165, 1.54) is 5.57 Å². The number of terminal acetylenes is 1. The molecular formula is C24H33NO2. The quantitative estimate of drug-likeness (QED) is 0.218. The number of rotatable bonds is 6. The first-order valence-electron chi connectivity index (χ1n) is 10.0. The minimum absolute atomic E-state index is 0.122. The average Bonchev–Trinajstić information content (AvgIpc) is 3.07. The van der Waals surface area contributed by atoms with E-state index in [-0.39, 0.29) is 23.6 Å². The van der Waals surface area contributed by atoms with Crippen molar-refractivity contribution in [3.8, 4) is 12.3 Å². The average molecular weight is 368 g/mol. The summed E-state index contributed by atoms with van der Waals surface area (Å²) in [4.78, 5) is 12.9. The van der Waals surface area contributed by atoms with Crippen molar-refractivity contribution in [2.75, 3.05) is 0 Å². The first-order valence-corrected chi connectivity index (χ1v) is 10.0. The molecule has 2 aliphatic carbocycles. The van der Waals surface area contributed by atoms with Crippen LogP contribution in [-0.2, 0) is 4.79 Å². The Hall–Kier alpha value is -2.21. The molecule has 2 aliphatic rings. The van der Waals surface area contributed by atoms with Crippen LogP contribution in [0.5, 0.6) is 0 Å². The van der Waals surface area contributed by atoms with Gasteiger partial charge in [0.05, 0.1) is 5.57 Å². The van der Waals surface area contributed by atoms with Crippen LogP contribution in [-0.4, -0.2) is 17.1 Å². The lowest BCUT2D eigenvalue weighted by atomic mass is 9.75. The minimum Gasteiger partial charge on any atom is -0.511 e. The standard InChI is InChI=1S/C24H33NO2/c1-6-9-18(5)23(24(27)25-20-10-7-8-11-20)22(26)15-19-14-17(4)12-13-21(19)16(2)3/h1,9,14,19-21,26H,2,7-8,10-13,15H2,3-5H3,(H,25,27)/b18-9-,23-22-. The van der Waals surface area contributed by atoms with Crippen LogP contribution >= 0.6 is 0 Å². The summed E-state index contributed by atoms with van der Waals surface area (Å²) in [5.41, 5.74) is 3.42. The lowest BCUT2D eigenvalue weighted by Gasteiger charge is -2.30. The SMILES string of the molecule is C#C/C=C(C)\C(C(=O)NC1CCCC1)=C(\O)CC1C=C(C)CCC1C(=C)C. The molecule has 2 N–H and O–H groups in total. The van der Waals surface area contributed by atoms with Gasteiger partial charge in [-0.1, -0.05) is 42.6 Å². The van der Waals surface area contributed by atoms with E-state index in [0.717, 1.165) is 44.1 Å². The van der Waals surface area contributed by atoms with Gasteiger partial charge < -0.3 is 10.4 Å². The maximum absolute atomic E-state index is 12.9. The number of aliphatic hydroxyl groups is 1. The zero-order chi connectivity index (χ0) is 20.0. The molecule has 0 radical (unpaired) electrons. The molecule has 0 heterocycles. The Morgan fingerprint density at radius 2 is 2.04 bits per heavy atom. The van der Waals surface area contributed by atoms with Crippen LogP contribution in [0.25, 0.3) is 0 Å². The maximum atomic E-state index is 12.9. The van der Waals surface area contributed by atoms with E-state index in [4.69, 9.17) is 6.42 Å². The molecule has 2 atom stereocenters. The molecular weight excluding hydrogens is 334 g/mol. The van der Waals surface area contributed by atoms with E-state index in [1.807, 2.05) is 6.92 Å². The Bertz CT molecular complexity index is 711. The molecule has 27 heavy (non-hydrogen) atoms. The number of hydrogen-bond acceptors (Lipinski definition) is 2. The summed E-state index contributed by atoms with van der Waals surface area (Å²) >= 11 is 0. The van der Waals surface area contributed by atoms with Crippen molar-refractivity contribution in [1.29, 1.82) is 0 Å². The summed E-state index contributed by atoms with van der Waals surface area (Å²) in [7, 11) is 0. The van der Waals surface area contributed by atoms with Crippen LogP contribution in [0.1, 0.15) is 65.7 Å². The van der Waals surface area contributed by atoms with Crippen LogP contribution in [0.4, 0.5) is 0 Å². The predicted octanol–water partition coefficient (Wildman–Crippen LogP) is 5.38. The summed E-state index contributed by atoms with van der Waals surface area (Å²) in [6, 6.07) is 0.193. The maximum Gasteiger partial charge on any atom is 0.255 e. The number of carbonyl (C=O) groups is 1. The largest absolute Gasteiger partial charge is 0.511 e. The lowest BCUT2D eigenvalue weighted by Crippen LogP contribution is -2.34. The van der Waals surface area contributed by atoms with E-state index in [1.54, 1.807) is 13.0 Å². The molecule has 2 rings (SSSR count). The smallest absolute Gasteiger partial charge is 0.255 e. The van der Waals surface area contributed by atoms with E-state index >= 15 is 0 Å². The Labute approximate surface area is 164 Å². The van der Waals surface area contributed by atoms with Gasteiger partial charge in [-0.25, -0.2) is 0 Å². The molecule has 146 valence electrons. The van der Waals surface area contributed by atoms with Gasteiger partial charge in [-0.3, -0.25) is 4.79 Å². The zero-order valence-electron chi connectivity index (χ0n) is 17.0. The van der Waals surface area contributed by atoms with Crippen molar-refractivity contribution in [1.82, 2.24) is 5.32 Å². The number of amides is 1. The molecule has 0 spiro atoms. The number of nitrogens with one attached hydrogen (secondary N) is 1. The second-order valence-electron chi connectivity index (χ2n) is 8.14. The Kier molecular flexibility index (Phi) is 7.54. The summed E-state index contributed by atoms with van der Waals surface area (Å²) in [5.74, 6) is 2.86. The number of aliphatic hydroxyl groups excluding tert-OH is 1. The molecule has 0 saturated heterocycles. The van der Waals surface area contributed by atoms with Gasteiger partial charge in [0.15, 0.2) is 0 Å². The van der Waals surface area contributed by atoms with Gasteiger partial charge in [0.1, 0.15) is 5.76 Å². The van der Waals surface area contributed by atoms with Crippen LogP contribution in [0, 0.1) is 24.2 Å². The molecule has 3 nitrogen and oxygen atoms in total. The van der Waals surface area contributed by atoms with Crippen molar-refractivity contribution >= 4 is 5.91 Å². The molecule has 1 saturated carbocycles. The van der Waals surface area contributed by atoms with Crippen molar-refractivity contribution < 1.29 is 9.90 Å². The summed E-state index contributed by atoms with van der Waals surface area (Å²) in [6.45, 7) is 10.1. The Morgan fingerprint density at radius 1 is 1.37 bits per heavy atom. The topological polar surface area (TPSA) is 49.3 Å². The highest BCUT2D eigenvalue weighted by molar-refractivity contribution is 5.98. The fraction of sp³-hybridized carbons (Fsp3) is 0.542. The third-order valence-corrected chi connectivity index (χ3v) is 5.83. The van der Waals surface area contributed by atoms with Gasteiger partial charge in [0.25, 0.3) is 5.91 Å². The van der Waals surface area contributed by atoms with E-state index in [2.05, 4.69) is 30.8 Å². The molecule has 3 heteroatoms. The molecule has 0 aliphatic heterocycles. The zero-order valence-corrected chi connectivity index (χ0v) is 17.0. The first-order chi connectivity index (χ1) is 12.8. The van der Waals surface area contributed by atoms with Gasteiger partial charge in [-0.2, -0.15) is 0 Å². The predicted molar refractivity (Wildman–Crippen MR) is 112 cm³/mol. The Balaban J connectivity index is 2.30. The third-order valence-electron chi connectivity index (χ3n) is 5.83. The van der Waals surface area contributed by atoms with Gasteiger partial charge in [0, 0.05) is 12.5 Å². The van der Waals surface area contributed by atoms with Crippen molar-refractivity contribution in [2.24, 2.45) is 11.8 Å². The lowest BCUT2D eigenvalue weighted by molar-refractivity contribution is -0.118. The number of carbonyl (C=O) groups excluding carboxylic acids is 1. The van der Waals surface area contributed by atoms with Crippen molar-refractivity contribution in [2.45, 2.75) is 71.8 Å². The minimum atomic E-state index is -0.216. The van der Waals surface area contributed by atoms with Crippen LogP contribution in [0.2, 0.25) is 0 Å². The van der Waals surface area contributed by atoms with Crippen molar-refractivity contribution in [3.63, 3.8) is 0 Å². The number of hydrogen-bond donors (Lipinski definition) is 2. The highest BCUT2D eigenvalue weighted by atomic mass is 16.3. The van der Waals surface area contributed by atoms with E-state index < -0.39 is 0 Å². The fourth-order valence-corrected chi connectivity index (χ4v) is 4.36. The van der Waals surface area contributed by atoms with Gasteiger partial charge in [-0.15, -0.1) is 6.42 Å². The third kappa shape index (κ3) is 5.63. The summed E-state index contributed by atoms with van der Waals surface area (Å²) in [5, 5.41) is 14.0. The van der Waals surface area contributed by atoms with Crippen LogP contribution in [0.15, 0.2) is 46.8 Å². The fourth-order valence-electron chi connectivity index (χ4n) is 4.36. The monoisotopic (exact) mass is 367 g/mol. The molecule has 0 aromatic heterocycles. The number of allylic oxidation sites excluding steroid dienone is 5. The highest BCUT2D eigenvalue weighted by Crippen LogP contribution is 2.37. The van der Waals surface area contributed by atoms with Crippen LogP contribution in [0.3, 0.4) is 0 Å². The van der Waals surface area contributed by atoms with Gasteiger partial charge in [0.2, 0.25) is 0 Å². The molecule has 0 bridgehead atoms. The first kappa shape index (κ1) is 21.1. The summed E-state index contributed by atoms with van der Waals surface area (Å²) < 4.78 is 0. The summed E-state index contributed by atoms with van der Waals surface area (Å²) in [6.07, 6.45) is 16.0. The van der Waals surface area contributed by atoms with Gasteiger partial charge in [-0.05, 0) is 69.9 Å². The van der Waals surface area contributed by atoms with E-state index in [9.17, 15) is 9.90 Å². The van der Waals surface area contributed by atoms with Crippen molar-refractivity contribution in [3.05, 3.63) is 46.8 Å². The van der Waals surface area contributed by atoms with Crippen LogP contribution < -0.4 is 5.32 Å².